The van der Waals surface area contributed by atoms with Gasteiger partial charge in [0.05, 0.1) is 18.0 Å². The second-order valence-electron chi connectivity index (χ2n) is 5.35. The average molecular weight is 362 g/mol. The number of hydrogen-bond donors (Lipinski definition) is 1. The molecule has 24 heavy (non-hydrogen) atoms. The van der Waals surface area contributed by atoms with Crippen molar-refractivity contribution in [2.75, 3.05) is 7.11 Å². The molecule has 0 saturated heterocycles. The minimum absolute atomic E-state index is 0.226. The molecule has 1 amide bonds. The summed E-state index contributed by atoms with van der Waals surface area (Å²) in [4.78, 5) is 28.5. The maximum Gasteiger partial charge on any atom is 0.328 e. The molecule has 0 bridgehead atoms. The van der Waals surface area contributed by atoms with Crippen molar-refractivity contribution in [2.45, 2.75) is 19.9 Å². The Labute approximate surface area is 146 Å². The number of thiazole rings is 1. The van der Waals surface area contributed by atoms with Crippen molar-refractivity contribution in [3.05, 3.63) is 43.2 Å². The van der Waals surface area contributed by atoms with Gasteiger partial charge in [-0.2, -0.15) is 0 Å². The standard InChI is InChI=1S/C16H14N2O4S2/c1-7-5-4-6-9-10(13(19)17-11(7)9)12-14(20)18(16(23)24-12)8(2)15(21)22-3/h4-6,8,20H,1-3H3. The van der Waals surface area contributed by atoms with Gasteiger partial charge in [-0.3, -0.25) is 9.36 Å². The van der Waals surface area contributed by atoms with Crippen molar-refractivity contribution in [2.24, 2.45) is 4.99 Å². The maximum absolute atomic E-state index is 12.4. The number of amides is 1. The summed E-state index contributed by atoms with van der Waals surface area (Å²) in [5.41, 5.74) is 1.18. The molecule has 8 heteroatoms. The molecule has 0 fully saturated rings. The van der Waals surface area contributed by atoms with Gasteiger partial charge in [0.15, 0.2) is 3.95 Å². The Hall–Kier alpha value is -2.32. The molecular weight excluding hydrogens is 348 g/mol. The molecule has 0 spiro atoms. The van der Waals surface area contributed by atoms with Crippen LogP contribution in [0.2, 0.25) is 0 Å². The SMILES string of the molecule is COC(=O)C(C)n1c(O)c(C2=c3cccc(C)c3=NC2=O)sc1=S. The van der Waals surface area contributed by atoms with Crippen molar-refractivity contribution >= 4 is 41.0 Å². The summed E-state index contributed by atoms with van der Waals surface area (Å²) in [6.07, 6.45) is 0. The third-order valence-electron chi connectivity index (χ3n) is 3.91. The third-order valence-corrected chi connectivity index (χ3v) is 5.32. The minimum Gasteiger partial charge on any atom is -0.493 e. The maximum atomic E-state index is 12.4. The summed E-state index contributed by atoms with van der Waals surface area (Å²) in [6, 6.07) is 4.68. The molecule has 1 aromatic carbocycles. The first-order valence-corrected chi connectivity index (χ1v) is 8.34. The fraction of sp³-hybridized carbons (Fsp3) is 0.250. The molecule has 1 aromatic heterocycles. The molecule has 1 atom stereocenters. The van der Waals surface area contributed by atoms with Crippen molar-refractivity contribution < 1.29 is 19.4 Å². The number of para-hydroxylation sites is 1. The molecule has 2 heterocycles. The van der Waals surface area contributed by atoms with Gasteiger partial charge >= 0.3 is 5.97 Å². The van der Waals surface area contributed by atoms with Crippen molar-refractivity contribution in [1.29, 1.82) is 0 Å². The lowest BCUT2D eigenvalue weighted by Gasteiger charge is -2.12. The molecule has 0 saturated carbocycles. The zero-order valence-corrected chi connectivity index (χ0v) is 14.8. The van der Waals surface area contributed by atoms with Gasteiger partial charge in [0, 0.05) is 5.22 Å². The zero-order valence-electron chi connectivity index (χ0n) is 13.2. The highest BCUT2D eigenvalue weighted by Gasteiger charge is 2.28. The number of methoxy groups -OCH3 is 1. The van der Waals surface area contributed by atoms with E-state index in [1.165, 1.54) is 11.7 Å². The Morgan fingerprint density at radius 1 is 1.46 bits per heavy atom. The molecule has 124 valence electrons. The number of ether oxygens (including phenoxy) is 1. The lowest BCUT2D eigenvalue weighted by Crippen LogP contribution is -2.25. The van der Waals surface area contributed by atoms with Crippen LogP contribution < -0.4 is 10.6 Å². The van der Waals surface area contributed by atoms with E-state index in [-0.39, 0.29) is 9.83 Å². The van der Waals surface area contributed by atoms with Gasteiger partial charge in [-0.05, 0) is 31.6 Å². The van der Waals surface area contributed by atoms with Crippen LogP contribution in [-0.2, 0) is 14.3 Å². The summed E-state index contributed by atoms with van der Waals surface area (Å²) >= 11 is 6.33. The van der Waals surface area contributed by atoms with Crippen LogP contribution in [0.15, 0.2) is 23.2 Å². The molecule has 1 aliphatic heterocycles. The van der Waals surface area contributed by atoms with Crippen LogP contribution in [0.4, 0.5) is 0 Å². The zero-order chi connectivity index (χ0) is 17.6. The normalized spacial score (nSPS) is 14.3. The second-order valence-corrected chi connectivity index (χ2v) is 7.00. The molecule has 6 nitrogen and oxygen atoms in total. The first-order valence-electron chi connectivity index (χ1n) is 7.12. The predicted octanol–water partition coefficient (Wildman–Crippen LogP) is 1.39. The summed E-state index contributed by atoms with van der Waals surface area (Å²) < 4.78 is 6.27. The van der Waals surface area contributed by atoms with Gasteiger partial charge in [-0.1, -0.05) is 18.2 Å². The quantitative estimate of drug-likeness (QED) is 0.659. The molecule has 0 aliphatic carbocycles. The molecule has 0 radical (unpaired) electrons. The van der Waals surface area contributed by atoms with Crippen molar-refractivity contribution in [3.63, 3.8) is 0 Å². The fourth-order valence-electron chi connectivity index (χ4n) is 2.66. The Morgan fingerprint density at radius 2 is 2.17 bits per heavy atom. The molecule has 2 aromatic rings. The topological polar surface area (TPSA) is 80.9 Å². The molecular formula is C16H14N2O4S2. The number of fused-ring (bicyclic) bond motifs is 1. The summed E-state index contributed by atoms with van der Waals surface area (Å²) in [7, 11) is 1.26. The molecule has 1 N–H and O–H groups in total. The number of carbonyl (C=O) groups is 2. The molecule has 3 rings (SSSR count). The first kappa shape index (κ1) is 16.5. The van der Waals surface area contributed by atoms with E-state index < -0.39 is 17.9 Å². The monoisotopic (exact) mass is 362 g/mol. The van der Waals surface area contributed by atoms with E-state index in [9.17, 15) is 14.7 Å². The summed E-state index contributed by atoms with van der Waals surface area (Å²) in [5.74, 6) is -1.19. The highest BCUT2D eigenvalue weighted by atomic mass is 32.1. The third kappa shape index (κ3) is 2.38. The van der Waals surface area contributed by atoms with Gasteiger partial charge in [-0.15, -0.1) is 11.3 Å². The Balaban J connectivity index is 2.29. The first-order chi connectivity index (χ1) is 11.4. The van der Waals surface area contributed by atoms with Crippen LogP contribution >= 0.6 is 23.6 Å². The van der Waals surface area contributed by atoms with E-state index in [4.69, 9.17) is 17.0 Å². The van der Waals surface area contributed by atoms with Gasteiger partial charge < -0.3 is 9.84 Å². The number of aromatic nitrogens is 1. The Kier molecular flexibility index (Phi) is 4.10. The summed E-state index contributed by atoms with van der Waals surface area (Å²) in [6.45, 7) is 3.44. The lowest BCUT2D eigenvalue weighted by molar-refractivity contribution is -0.144. The number of nitrogens with zero attached hydrogens (tertiary/aromatic N) is 2. The largest absolute Gasteiger partial charge is 0.493 e. The number of rotatable bonds is 3. The van der Waals surface area contributed by atoms with E-state index in [1.807, 2.05) is 19.1 Å². The van der Waals surface area contributed by atoms with Gasteiger partial charge in [0.25, 0.3) is 5.91 Å². The van der Waals surface area contributed by atoms with E-state index in [0.29, 0.717) is 21.0 Å². The lowest BCUT2D eigenvalue weighted by atomic mass is 10.1. The van der Waals surface area contributed by atoms with Crippen LogP contribution in [0.5, 0.6) is 5.88 Å². The van der Waals surface area contributed by atoms with E-state index in [2.05, 4.69) is 4.99 Å². The number of aromatic hydroxyl groups is 1. The van der Waals surface area contributed by atoms with E-state index >= 15 is 0 Å². The molecule has 1 unspecified atom stereocenters. The fourth-order valence-corrected chi connectivity index (χ4v) is 4.16. The van der Waals surface area contributed by atoms with Crippen molar-refractivity contribution in [3.8, 4) is 5.88 Å². The van der Waals surface area contributed by atoms with Crippen LogP contribution in [0, 0.1) is 10.9 Å². The molecule has 1 aliphatic rings. The van der Waals surface area contributed by atoms with E-state index in [0.717, 1.165) is 16.9 Å². The van der Waals surface area contributed by atoms with Gasteiger partial charge in [-0.25, -0.2) is 9.79 Å². The Morgan fingerprint density at radius 3 is 2.83 bits per heavy atom. The van der Waals surface area contributed by atoms with Gasteiger partial charge in [0.1, 0.15) is 10.9 Å². The van der Waals surface area contributed by atoms with Crippen molar-refractivity contribution in [1.82, 2.24) is 4.57 Å². The summed E-state index contributed by atoms with van der Waals surface area (Å²) in [5, 5.41) is 11.8. The van der Waals surface area contributed by atoms with Gasteiger partial charge in [0.2, 0.25) is 5.88 Å². The van der Waals surface area contributed by atoms with E-state index in [1.54, 1.807) is 13.0 Å². The number of carbonyl (C=O) groups excluding carboxylic acids is 2. The number of hydrogen-bond acceptors (Lipinski definition) is 6. The number of esters is 1. The minimum atomic E-state index is -0.793. The number of aryl methyl sites for hydroxylation is 1. The predicted molar refractivity (Wildman–Crippen MR) is 91.0 cm³/mol. The van der Waals surface area contributed by atoms with Crippen LogP contribution in [0.25, 0.3) is 5.57 Å². The highest BCUT2D eigenvalue weighted by Crippen LogP contribution is 2.35. The second kappa shape index (κ2) is 5.95. The smallest absolute Gasteiger partial charge is 0.328 e. The van der Waals surface area contributed by atoms with Crippen LogP contribution in [-0.4, -0.2) is 28.7 Å². The number of benzene rings is 1. The van der Waals surface area contributed by atoms with Crippen LogP contribution in [0.1, 0.15) is 23.4 Å². The average Bonchev–Trinajstić information content (AvgIpc) is 3.03. The Bertz CT molecular complexity index is 1050. The highest BCUT2D eigenvalue weighted by molar-refractivity contribution is 7.73. The van der Waals surface area contributed by atoms with Crippen LogP contribution in [0.3, 0.4) is 0 Å².